The number of ether oxygens (including phenoxy) is 1. The minimum atomic E-state index is -0.377. The Morgan fingerprint density at radius 2 is 1.88 bits per heavy atom. The van der Waals surface area contributed by atoms with Gasteiger partial charge in [0, 0.05) is 0 Å². The van der Waals surface area contributed by atoms with Crippen LogP contribution in [0.15, 0.2) is 43.0 Å². The number of esters is 1. The van der Waals surface area contributed by atoms with Gasteiger partial charge in [-0.05, 0) is 29.8 Å². The standard InChI is InChI=1S/C13H12O3/c1-3-12(14)9-6-10-4-7-11(8-5-10)13(15)16-2/h3-9H,1H2,2H3. The number of rotatable bonds is 4. The van der Waals surface area contributed by atoms with Gasteiger partial charge in [0.25, 0.3) is 0 Å². The van der Waals surface area contributed by atoms with Gasteiger partial charge in [-0.15, -0.1) is 0 Å². The van der Waals surface area contributed by atoms with Crippen molar-refractivity contribution >= 4 is 17.8 Å². The van der Waals surface area contributed by atoms with Crippen molar-refractivity contribution in [3.05, 3.63) is 54.1 Å². The van der Waals surface area contributed by atoms with Gasteiger partial charge in [0.15, 0.2) is 5.78 Å². The number of hydrogen-bond acceptors (Lipinski definition) is 3. The lowest BCUT2D eigenvalue weighted by molar-refractivity contribution is -0.110. The Balaban J connectivity index is 2.79. The maximum absolute atomic E-state index is 11.1. The Morgan fingerprint density at radius 1 is 1.25 bits per heavy atom. The van der Waals surface area contributed by atoms with E-state index in [1.54, 1.807) is 30.3 Å². The molecule has 0 radical (unpaired) electrons. The van der Waals surface area contributed by atoms with Crippen LogP contribution < -0.4 is 0 Å². The summed E-state index contributed by atoms with van der Waals surface area (Å²) in [6.45, 7) is 3.36. The second-order valence-corrected chi connectivity index (χ2v) is 3.05. The van der Waals surface area contributed by atoms with Crippen LogP contribution in [-0.2, 0) is 9.53 Å². The van der Waals surface area contributed by atoms with Gasteiger partial charge in [-0.2, -0.15) is 0 Å². The lowest BCUT2D eigenvalue weighted by atomic mass is 10.1. The highest BCUT2D eigenvalue weighted by molar-refractivity contribution is 6.01. The summed E-state index contributed by atoms with van der Waals surface area (Å²) >= 11 is 0. The number of carbonyl (C=O) groups excluding carboxylic acids is 2. The molecule has 0 atom stereocenters. The van der Waals surface area contributed by atoms with E-state index in [9.17, 15) is 9.59 Å². The predicted octanol–water partition coefficient (Wildman–Crippen LogP) is 2.24. The van der Waals surface area contributed by atoms with E-state index in [2.05, 4.69) is 11.3 Å². The minimum absolute atomic E-state index is 0.156. The zero-order valence-corrected chi connectivity index (χ0v) is 8.97. The molecule has 1 aromatic rings. The van der Waals surface area contributed by atoms with E-state index in [-0.39, 0.29) is 11.8 Å². The van der Waals surface area contributed by atoms with E-state index in [1.165, 1.54) is 19.3 Å². The summed E-state index contributed by atoms with van der Waals surface area (Å²) in [5.41, 5.74) is 1.32. The molecule has 0 aliphatic heterocycles. The minimum Gasteiger partial charge on any atom is -0.465 e. The Labute approximate surface area is 94.0 Å². The van der Waals surface area contributed by atoms with Crippen molar-refractivity contribution in [3.8, 4) is 0 Å². The molecule has 0 saturated carbocycles. The van der Waals surface area contributed by atoms with Crippen LogP contribution in [0.3, 0.4) is 0 Å². The average molecular weight is 216 g/mol. The van der Waals surface area contributed by atoms with Gasteiger partial charge in [-0.3, -0.25) is 4.79 Å². The molecule has 0 amide bonds. The van der Waals surface area contributed by atoms with Crippen molar-refractivity contribution in [2.45, 2.75) is 0 Å². The van der Waals surface area contributed by atoms with E-state index in [4.69, 9.17) is 0 Å². The smallest absolute Gasteiger partial charge is 0.337 e. The fourth-order valence-electron chi connectivity index (χ4n) is 1.09. The van der Waals surface area contributed by atoms with Crippen LogP contribution in [0, 0.1) is 0 Å². The van der Waals surface area contributed by atoms with Crippen LogP contribution in [-0.4, -0.2) is 18.9 Å². The third-order valence-electron chi connectivity index (χ3n) is 1.97. The monoisotopic (exact) mass is 216 g/mol. The molecule has 0 aromatic heterocycles. The average Bonchev–Trinajstić information content (AvgIpc) is 2.35. The molecule has 16 heavy (non-hydrogen) atoms. The molecule has 0 heterocycles. The molecule has 0 fully saturated rings. The Morgan fingerprint density at radius 3 is 2.38 bits per heavy atom. The van der Waals surface area contributed by atoms with Crippen LogP contribution in [0.1, 0.15) is 15.9 Å². The van der Waals surface area contributed by atoms with E-state index in [1.807, 2.05) is 0 Å². The van der Waals surface area contributed by atoms with Gasteiger partial charge in [0.05, 0.1) is 12.7 Å². The molecule has 0 aliphatic rings. The molecule has 0 unspecified atom stereocenters. The first kappa shape index (κ1) is 11.9. The van der Waals surface area contributed by atoms with Crippen molar-refractivity contribution in [2.75, 3.05) is 7.11 Å². The van der Waals surface area contributed by atoms with E-state index in [0.717, 1.165) is 5.56 Å². The highest BCUT2D eigenvalue weighted by atomic mass is 16.5. The van der Waals surface area contributed by atoms with Crippen LogP contribution >= 0.6 is 0 Å². The van der Waals surface area contributed by atoms with Crippen molar-refractivity contribution in [3.63, 3.8) is 0 Å². The first-order valence-corrected chi connectivity index (χ1v) is 4.70. The Bertz CT molecular complexity index is 427. The van der Waals surface area contributed by atoms with E-state index < -0.39 is 0 Å². The highest BCUT2D eigenvalue weighted by Gasteiger charge is 2.02. The van der Waals surface area contributed by atoms with Gasteiger partial charge in [0.2, 0.25) is 0 Å². The highest BCUT2D eigenvalue weighted by Crippen LogP contribution is 2.07. The summed E-state index contributed by atoms with van der Waals surface area (Å²) in [5, 5.41) is 0. The number of methoxy groups -OCH3 is 1. The summed E-state index contributed by atoms with van der Waals surface area (Å²) in [7, 11) is 1.33. The third-order valence-corrected chi connectivity index (χ3v) is 1.97. The van der Waals surface area contributed by atoms with Crippen LogP contribution in [0.5, 0.6) is 0 Å². The summed E-state index contributed by atoms with van der Waals surface area (Å²) in [6.07, 6.45) is 4.31. The second kappa shape index (κ2) is 5.66. The van der Waals surface area contributed by atoms with Crippen molar-refractivity contribution in [1.82, 2.24) is 0 Å². The molecule has 0 bridgehead atoms. The first-order valence-electron chi connectivity index (χ1n) is 4.70. The van der Waals surface area contributed by atoms with Crippen LogP contribution in [0.25, 0.3) is 6.08 Å². The lowest BCUT2D eigenvalue weighted by Crippen LogP contribution is -2.00. The maximum Gasteiger partial charge on any atom is 0.337 e. The Kier molecular flexibility index (Phi) is 4.21. The third kappa shape index (κ3) is 3.20. The van der Waals surface area contributed by atoms with Crippen molar-refractivity contribution in [1.29, 1.82) is 0 Å². The summed E-state index contributed by atoms with van der Waals surface area (Å²) < 4.78 is 4.57. The normalized spacial score (nSPS) is 10.1. The van der Waals surface area contributed by atoms with Crippen LogP contribution in [0.2, 0.25) is 0 Å². The van der Waals surface area contributed by atoms with Crippen molar-refractivity contribution in [2.24, 2.45) is 0 Å². The van der Waals surface area contributed by atoms with Crippen molar-refractivity contribution < 1.29 is 14.3 Å². The Hall–Kier alpha value is -2.16. The molecule has 3 nitrogen and oxygen atoms in total. The molecule has 0 saturated heterocycles. The molecule has 0 spiro atoms. The largest absolute Gasteiger partial charge is 0.465 e. The quantitative estimate of drug-likeness (QED) is 0.572. The predicted molar refractivity (Wildman–Crippen MR) is 62.0 cm³/mol. The lowest BCUT2D eigenvalue weighted by Gasteiger charge is -1.98. The molecule has 0 aliphatic carbocycles. The first-order chi connectivity index (χ1) is 7.67. The molecular formula is C13H12O3. The fraction of sp³-hybridized carbons (Fsp3) is 0.0769. The molecular weight excluding hydrogens is 204 g/mol. The zero-order chi connectivity index (χ0) is 12.0. The molecule has 1 rings (SSSR count). The summed E-state index contributed by atoms with van der Waals surface area (Å²) in [5.74, 6) is -0.533. The van der Waals surface area contributed by atoms with Gasteiger partial charge in [-0.1, -0.05) is 24.8 Å². The van der Waals surface area contributed by atoms with Gasteiger partial charge in [-0.25, -0.2) is 4.79 Å². The number of benzene rings is 1. The van der Waals surface area contributed by atoms with Crippen LogP contribution in [0.4, 0.5) is 0 Å². The summed E-state index contributed by atoms with van der Waals surface area (Å²) in [4.78, 5) is 22.1. The molecule has 3 heteroatoms. The molecule has 82 valence electrons. The van der Waals surface area contributed by atoms with E-state index >= 15 is 0 Å². The van der Waals surface area contributed by atoms with Gasteiger partial charge in [0.1, 0.15) is 0 Å². The maximum atomic E-state index is 11.1. The van der Waals surface area contributed by atoms with Gasteiger partial charge < -0.3 is 4.74 Å². The fourth-order valence-corrected chi connectivity index (χ4v) is 1.09. The zero-order valence-electron chi connectivity index (χ0n) is 8.97. The number of ketones is 1. The second-order valence-electron chi connectivity index (χ2n) is 3.05. The molecule has 0 N–H and O–H groups in total. The summed E-state index contributed by atoms with van der Waals surface area (Å²) in [6, 6.07) is 6.76. The van der Waals surface area contributed by atoms with E-state index in [0.29, 0.717) is 5.56 Å². The number of hydrogen-bond donors (Lipinski definition) is 0. The van der Waals surface area contributed by atoms with Gasteiger partial charge >= 0.3 is 5.97 Å². The molecule has 1 aromatic carbocycles. The number of carbonyl (C=O) groups is 2. The number of allylic oxidation sites excluding steroid dienone is 2. The SMILES string of the molecule is C=CC(=O)C=Cc1ccc(C(=O)OC)cc1. The topological polar surface area (TPSA) is 43.4 Å².